The predicted molar refractivity (Wildman–Crippen MR) is 53.6 cm³/mol. The first kappa shape index (κ1) is 8.88. The van der Waals surface area contributed by atoms with Crippen LogP contribution in [0.25, 0.3) is 5.57 Å². The smallest absolute Gasteiger partial charge is 0.174 e. The third-order valence-corrected chi connectivity index (χ3v) is 2.46. The lowest BCUT2D eigenvalue weighted by Crippen LogP contribution is -2.11. The first-order valence-corrected chi connectivity index (χ1v) is 4.55. The molecule has 2 rings (SSSR count). The van der Waals surface area contributed by atoms with Crippen LogP contribution in [0, 0.1) is 5.92 Å². The molecule has 0 saturated heterocycles. The van der Waals surface area contributed by atoms with E-state index in [1.807, 2.05) is 30.3 Å². The Morgan fingerprint density at radius 2 is 1.71 bits per heavy atom. The second-order valence-corrected chi connectivity index (χ2v) is 3.41. The third-order valence-electron chi connectivity index (χ3n) is 2.46. The zero-order chi connectivity index (χ0) is 10.1. The summed E-state index contributed by atoms with van der Waals surface area (Å²) < 4.78 is 0. The Balaban J connectivity index is 2.43. The van der Waals surface area contributed by atoms with Crippen molar-refractivity contribution in [3.63, 3.8) is 0 Å². The fourth-order valence-corrected chi connectivity index (χ4v) is 1.54. The first-order valence-electron chi connectivity index (χ1n) is 4.55. The minimum atomic E-state index is -0.495. The maximum absolute atomic E-state index is 11.6. The first-order chi connectivity index (χ1) is 6.70. The summed E-state index contributed by atoms with van der Waals surface area (Å²) in [5, 5.41) is 0. The molecule has 0 spiro atoms. The second kappa shape index (κ2) is 3.22. The van der Waals surface area contributed by atoms with Gasteiger partial charge in [0.05, 0.1) is 5.92 Å². The molecule has 1 aliphatic carbocycles. The Kier molecular flexibility index (Phi) is 2.04. The summed E-state index contributed by atoms with van der Waals surface area (Å²) in [6.07, 6.45) is 1.45. The van der Waals surface area contributed by atoms with E-state index in [0.29, 0.717) is 5.57 Å². The molecule has 0 bridgehead atoms. The number of Topliss-reactive ketones (excluding diaryl/α,β-unsaturated/α-hetero) is 1. The molecule has 2 nitrogen and oxygen atoms in total. The lowest BCUT2D eigenvalue weighted by atomic mass is 10.0. The monoisotopic (exact) mass is 186 g/mol. The minimum absolute atomic E-state index is 0.0683. The van der Waals surface area contributed by atoms with Gasteiger partial charge in [0.1, 0.15) is 0 Å². The van der Waals surface area contributed by atoms with Gasteiger partial charge in [0.25, 0.3) is 0 Å². The highest BCUT2D eigenvalue weighted by Gasteiger charge is 2.30. The molecule has 0 fully saturated rings. The quantitative estimate of drug-likeness (QED) is 0.627. The number of rotatable bonds is 1. The molecule has 14 heavy (non-hydrogen) atoms. The van der Waals surface area contributed by atoms with Gasteiger partial charge in [-0.05, 0) is 18.6 Å². The van der Waals surface area contributed by atoms with Crippen molar-refractivity contribution >= 4 is 17.1 Å². The lowest BCUT2D eigenvalue weighted by molar-refractivity contribution is -0.124. The van der Waals surface area contributed by atoms with Crippen LogP contribution in [-0.4, -0.2) is 11.6 Å². The van der Waals surface area contributed by atoms with Crippen molar-refractivity contribution in [3.8, 4) is 0 Å². The van der Waals surface area contributed by atoms with Crippen molar-refractivity contribution in [1.82, 2.24) is 0 Å². The van der Waals surface area contributed by atoms with Gasteiger partial charge in [-0.1, -0.05) is 30.3 Å². The molecule has 70 valence electrons. The SMILES string of the molecule is CC1C(=O)C=C(c2ccccc2)C1=O. The summed E-state index contributed by atoms with van der Waals surface area (Å²) in [6, 6.07) is 9.28. The molecule has 0 N–H and O–H groups in total. The Labute approximate surface area is 82.2 Å². The van der Waals surface area contributed by atoms with Crippen molar-refractivity contribution in [2.75, 3.05) is 0 Å². The van der Waals surface area contributed by atoms with E-state index in [-0.39, 0.29) is 11.6 Å². The Hall–Kier alpha value is -1.70. The average molecular weight is 186 g/mol. The van der Waals surface area contributed by atoms with Gasteiger partial charge in [-0.25, -0.2) is 0 Å². The van der Waals surface area contributed by atoms with Crippen molar-refractivity contribution < 1.29 is 9.59 Å². The number of hydrogen-bond acceptors (Lipinski definition) is 2. The van der Waals surface area contributed by atoms with Crippen LogP contribution in [0.1, 0.15) is 12.5 Å². The lowest BCUT2D eigenvalue weighted by Gasteiger charge is -2.01. The third kappa shape index (κ3) is 1.29. The second-order valence-electron chi connectivity index (χ2n) is 3.41. The number of ketones is 2. The molecule has 0 aliphatic heterocycles. The van der Waals surface area contributed by atoms with Gasteiger partial charge in [0.15, 0.2) is 11.6 Å². The minimum Gasteiger partial charge on any atom is -0.294 e. The summed E-state index contributed by atoms with van der Waals surface area (Å²) in [5.74, 6) is -0.653. The normalized spacial score (nSPS) is 21.2. The van der Waals surface area contributed by atoms with E-state index in [4.69, 9.17) is 0 Å². The predicted octanol–water partition coefficient (Wildman–Crippen LogP) is 1.86. The highest BCUT2D eigenvalue weighted by Crippen LogP contribution is 2.25. The van der Waals surface area contributed by atoms with Gasteiger partial charge in [0, 0.05) is 5.57 Å². The van der Waals surface area contributed by atoms with E-state index in [9.17, 15) is 9.59 Å². The summed E-state index contributed by atoms with van der Waals surface area (Å²) in [4.78, 5) is 22.9. The van der Waals surface area contributed by atoms with E-state index in [1.165, 1.54) is 6.08 Å². The van der Waals surface area contributed by atoms with E-state index in [2.05, 4.69) is 0 Å². The molecule has 0 aromatic heterocycles. The van der Waals surface area contributed by atoms with Crippen LogP contribution >= 0.6 is 0 Å². The van der Waals surface area contributed by atoms with E-state index < -0.39 is 5.92 Å². The van der Waals surface area contributed by atoms with Crippen molar-refractivity contribution in [3.05, 3.63) is 42.0 Å². The van der Waals surface area contributed by atoms with Crippen LogP contribution in [0.5, 0.6) is 0 Å². The molecule has 0 heterocycles. The Morgan fingerprint density at radius 1 is 1.07 bits per heavy atom. The Bertz CT molecular complexity index is 415. The molecular formula is C12H10O2. The van der Waals surface area contributed by atoms with Crippen LogP contribution in [0.15, 0.2) is 36.4 Å². The number of allylic oxidation sites excluding steroid dienone is 2. The van der Waals surface area contributed by atoms with Crippen molar-refractivity contribution in [2.45, 2.75) is 6.92 Å². The Morgan fingerprint density at radius 3 is 2.21 bits per heavy atom. The number of carbonyl (C=O) groups excluding carboxylic acids is 2. The molecule has 0 saturated carbocycles. The summed E-state index contributed by atoms with van der Waals surface area (Å²) in [6.45, 7) is 1.65. The number of benzene rings is 1. The molecular weight excluding hydrogens is 176 g/mol. The summed E-state index contributed by atoms with van der Waals surface area (Å²) >= 11 is 0. The maximum atomic E-state index is 11.6. The van der Waals surface area contributed by atoms with Crippen LogP contribution < -0.4 is 0 Å². The van der Waals surface area contributed by atoms with Crippen LogP contribution in [-0.2, 0) is 9.59 Å². The molecule has 1 aromatic carbocycles. The van der Waals surface area contributed by atoms with Gasteiger partial charge >= 0.3 is 0 Å². The molecule has 0 amide bonds. The zero-order valence-corrected chi connectivity index (χ0v) is 7.86. The summed E-state index contributed by atoms with van der Waals surface area (Å²) in [5.41, 5.74) is 1.37. The maximum Gasteiger partial charge on any atom is 0.174 e. The van der Waals surface area contributed by atoms with Crippen molar-refractivity contribution in [1.29, 1.82) is 0 Å². The highest BCUT2D eigenvalue weighted by molar-refractivity contribution is 6.37. The average Bonchev–Trinajstić information content (AvgIpc) is 2.47. The molecule has 1 aliphatic rings. The fourth-order valence-electron chi connectivity index (χ4n) is 1.54. The van der Waals surface area contributed by atoms with Gasteiger partial charge in [-0.2, -0.15) is 0 Å². The van der Waals surface area contributed by atoms with Crippen molar-refractivity contribution in [2.24, 2.45) is 5.92 Å². The number of carbonyl (C=O) groups is 2. The van der Waals surface area contributed by atoms with Gasteiger partial charge in [0.2, 0.25) is 0 Å². The van der Waals surface area contributed by atoms with Crippen LogP contribution in [0.3, 0.4) is 0 Å². The van der Waals surface area contributed by atoms with E-state index in [1.54, 1.807) is 6.92 Å². The van der Waals surface area contributed by atoms with E-state index in [0.717, 1.165) is 5.56 Å². The molecule has 1 atom stereocenters. The fraction of sp³-hybridized carbons (Fsp3) is 0.167. The van der Waals surface area contributed by atoms with E-state index >= 15 is 0 Å². The van der Waals surface area contributed by atoms with Gasteiger partial charge < -0.3 is 0 Å². The molecule has 1 unspecified atom stereocenters. The standard InChI is InChI=1S/C12H10O2/c1-8-11(13)7-10(12(8)14)9-5-3-2-4-6-9/h2-8H,1H3. The number of hydrogen-bond donors (Lipinski definition) is 0. The molecule has 2 heteroatoms. The van der Waals surface area contributed by atoms with Gasteiger partial charge in [-0.3, -0.25) is 9.59 Å². The van der Waals surface area contributed by atoms with Crippen LogP contribution in [0.2, 0.25) is 0 Å². The summed E-state index contributed by atoms with van der Waals surface area (Å²) in [7, 11) is 0. The topological polar surface area (TPSA) is 34.1 Å². The zero-order valence-electron chi connectivity index (χ0n) is 7.86. The molecule has 0 radical (unpaired) electrons. The van der Waals surface area contributed by atoms with Gasteiger partial charge in [-0.15, -0.1) is 0 Å². The largest absolute Gasteiger partial charge is 0.294 e. The highest BCUT2D eigenvalue weighted by atomic mass is 16.2. The van der Waals surface area contributed by atoms with Crippen LogP contribution in [0.4, 0.5) is 0 Å². The molecule has 1 aromatic rings.